The van der Waals surface area contributed by atoms with Crippen LogP contribution in [0.2, 0.25) is 0 Å². The summed E-state index contributed by atoms with van der Waals surface area (Å²) in [5, 5.41) is 12.6. The van der Waals surface area contributed by atoms with Gasteiger partial charge in [-0.2, -0.15) is 0 Å². The van der Waals surface area contributed by atoms with Gasteiger partial charge in [0.25, 0.3) is 0 Å². The molecule has 5 rings (SSSR count). The Bertz CT molecular complexity index is 1200. The number of hydrogen-bond donors (Lipinski definition) is 2. The zero-order valence-corrected chi connectivity index (χ0v) is 21.7. The van der Waals surface area contributed by atoms with E-state index in [0.717, 1.165) is 16.7 Å². The second kappa shape index (κ2) is 10.4. The highest BCUT2D eigenvalue weighted by molar-refractivity contribution is 5.94. The molecule has 7 heteroatoms. The average molecular weight is 512 g/mol. The Hall–Kier alpha value is -3.97. The minimum absolute atomic E-state index is 0.214. The summed E-state index contributed by atoms with van der Waals surface area (Å²) in [5.74, 6) is -1.79. The molecule has 3 aromatic rings. The van der Waals surface area contributed by atoms with Crippen molar-refractivity contribution in [2.45, 2.75) is 43.9 Å². The number of likely N-dealkylation sites (tertiary alicyclic amines) is 1. The lowest BCUT2D eigenvalue weighted by atomic mass is 9.76. The van der Waals surface area contributed by atoms with Gasteiger partial charge in [0.2, 0.25) is 11.8 Å². The van der Waals surface area contributed by atoms with Gasteiger partial charge in [-0.1, -0.05) is 105 Å². The molecule has 4 atom stereocenters. The fourth-order valence-electron chi connectivity index (χ4n) is 5.93. The van der Waals surface area contributed by atoms with Crippen molar-refractivity contribution in [3.05, 3.63) is 108 Å². The van der Waals surface area contributed by atoms with E-state index in [0.29, 0.717) is 19.5 Å². The molecule has 3 aromatic carbocycles. The predicted octanol–water partition coefficient (Wildman–Crippen LogP) is 3.49. The summed E-state index contributed by atoms with van der Waals surface area (Å²) >= 11 is 0. The highest BCUT2D eigenvalue weighted by Gasteiger charge is 2.56. The summed E-state index contributed by atoms with van der Waals surface area (Å²) in [6, 6.07) is 28.5. The van der Waals surface area contributed by atoms with Gasteiger partial charge in [0.1, 0.15) is 18.1 Å². The van der Waals surface area contributed by atoms with E-state index in [1.54, 1.807) is 13.8 Å². The first-order valence-corrected chi connectivity index (χ1v) is 13.1. The van der Waals surface area contributed by atoms with Crippen LogP contribution in [0.4, 0.5) is 0 Å². The third-order valence-electron chi connectivity index (χ3n) is 7.70. The fraction of sp³-hybridized carbons (Fsp3) is 0.323. The Labute approximate surface area is 223 Å². The summed E-state index contributed by atoms with van der Waals surface area (Å²) in [5.41, 5.74) is 2.47. The van der Waals surface area contributed by atoms with Crippen LogP contribution >= 0.6 is 0 Å². The first kappa shape index (κ1) is 25.7. The Balaban J connectivity index is 1.44. The molecule has 0 spiro atoms. The second-order valence-corrected chi connectivity index (χ2v) is 10.4. The molecule has 0 bridgehead atoms. The van der Waals surface area contributed by atoms with Crippen molar-refractivity contribution in [2.24, 2.45) is 5.92 Å². The van der Waals surface area contributed by atoms with E-state index in [4.69, 9.17) is 0 Å². The number of aliphatic carboxylic acids is 1. The van der Waals surface area contributed by atoms with Crippen molar-refractivity contribution >= 4 is 17.8 Å². The molecule has 38 heavy (non-hydrogen) atoms. The van der Waals surface area contributed by atoms with Gasteiger partial charge in [-0.15, -0.1) is 0 Å². The normalized spacial score (nSPS) is 21.8. The molecule has 0 radical (unpaired) electrons. The largest absolute Gasteiger partial charge is 0.480 e. The fourth-order valence-corrected chi connectivity index (χ4v) is 5.93. The van der Waals surface area contributed by atoms with Crippen molar-refractivity contribution in [1.82, 2.24) is 15.1 Å². The second-order valence-electron chi connectivity index (χ2n) is 10.4. The quantitative estimate of drug-likeness (QED) is 0.339. The highest BCUT2D eigenvalue weighted by Crippen LogP contribution is 2.48. The standard InChI is InChI=1S/C31H33N3O4/c1-21(2)27(30(37)38)33-19-18-25(29(33)36)32-28(35)26-20-34(26)31(22-12-6-3-7-13-22,23-14-8-4-9-15-23)24-16-10-5-11-17-24/h3-17,21,25-27H,18-20H2,1-2H3,(H,32,35)(H,37,38)/t25-,26?,27?,34?/m1/s1. The molecule has 2 heterocycles. The van der Waals surface area contributed by atoms with Gasteiger partial charge >= 0.3 is 5.97 Å². The van der Waals surface area contributed by atoms with Crippen LogP contribution in [-0.2, 0) is 19.9 Å². The minimum Gasteiger partial charge on any atom is -0.480 e. The molecule has 2 fully saturated rings. The van der Waals surface area contributed by atoms with Gasteiger partial charge < -0.3 is 15.3 Å². The van der Waals surface area contributed by atoms with E-state index >= 15 is 0 Å². The maximum Gasteiger partial charge on any atom is 0.326 e. The molecule has 2 aliphatic heterocycles. The van der Waals surface area contributed by atoms with Crippen LogP contribution in [0, 0.1) is 5.92 Å². The van der Waals surface area contributed by atoms with Gasteiger partial charge in [0.15, 0.2) is 0 Å². The monoisotopic (exact) mass is 511 g/mol. The minimum atomic E-state index is -1.02. The van der Waals surface area contributed by atoms with Crippen molar-refractivity contribution in [3.63, 3.8) is 0 Å². The van der Waals surface area contributed by atoms with Gasteiger partial charge in [-0.05, 0) is 29.0 Å². The van der Waals surface area contributed by atoms with Crippen LogP contribution < -0.4 is 5.32 Å². The average Bonchev–Trinajstić information content (AvgIpc) is 3.66. The smallest absolute Gasteiger partial charge is 0.326 e. The van der Waals surface area contributed by atoms with Gasteiger partial charge in [0, 0.05) is 13.1 Å². The number of nitrogens with one attached hydrogen (secondary N) is 1. The Morgan fingerprint density at radius 3 is 1.76 bits per heavy atom. The van der Waals surface area contributed by atoms with Crippen LogP contribution in [0.15, 0.2) is 91.0 Å². The molecule has 7 nitrogen and oxygen atoms in total. The van der Waals surface area contributed by atoms with E-state index in [1.807, 2.05) is 54.6 Å². The van der Waals surface area contributed by atoms with E-state index in [1.165, 1.54) is 4.90 Å². The summed E-state index contributed by atoms with van der Waals surface area (Å²) < 4.78 is 0. The first-order chi connectivity index (χ1) is 18.4. The lowest BCUT2D eigenvalue weighted by Crippen LogP contribution is -2.50. The maximum atomic E-state index is 13.6. The molecule has 3 unspecified atom stereocenters. The van der Waals surface area contributed by atoms with Crippen molar-refractivity contribution in [1.29, 1.82) is 0 Å². The zero-order valence-electron chi connectivity index (χ0n) is 21.7. The van der Waals surface area contributed by atoms with Gasteiger partial charge in [-0.3, -0.25) is 14.5 Å². The number of benzene rings is 3. The maximum absolute atomic E-state index is 13.6. The number of nitrogens with zero attached hydrogens (tertiary/aromatic N) is 2. The molecule has 2 N–H and O–H groups in total. The zero-order chi connectivity index (χ0) is 26.9. The Morgan fingerprint density at radius 2 is 1.34 bits per heavy atom. The molecule has 2 aliphatic rings. The molecular weight excluding hydrogens is 478 g/mol. The highest BCUT2D eigenvalue weighted by atomic mass is 16.4. The first-order valence-electron chi connectivity index (χ1n) is 13.1. The van der Waals surface area contributed by atoms with Crippen LogP contribution in [0.25, 0.3) is 0 Å². The van der Waals surface area contributed by atoms with E-state index in [2.05, 4.69) is 46.6 Å². The number of carboxylic acids is 1. The number of hydrogen-bond acceptors (Lipinski definition) is 4. The number of carbonyl (C=O) groups is 3. The Kier molecular flexibility index (Phi) is 7.04. The molecule has 196 valence electrons. The molecule has 2 saturated heterocycles. The summed E-state index contributed by atoms with van der Waals surface area (Å²) in [6.07, 6.45) is 0.398. The topological polar surface area (TPSA) is 89.7 Å². The Morgan fingerprint density at radius 1 is 0.868 bits per heavy atom. The molecule has 0 aliphatic carbocycles. The number of rotatable bonds is 9. The third-order valence-corrected chi connectivity index (χ3v) is 7.70. The van der Waals surface area contributed by atoms with Crippen molar-refractivity contribution < 1.29 is 19.5 Å². The van der Waals surface area contributed by atoms with Crippen LogP contribution in [0.1, 0.15) is 37.0 Å². The number of carbonyl (C=O) groups excluding carboxylic acids is 2. The van der Waals surface area contributed by atoms with Crippen LogP contribution in [0.5, 0.6) is 0 Å². The van der Waals surface area contributed by atoms with E-state index in [9.17, 15) is 19.5 Å². The van der Waals surface area contributed by atoms with Crippen LogP contribution in [0.3, 0.4) is 0 Å². The number of carboxylic acid groups (broad SMARTS) is 1. The van der Waals surface area contributed by atoms with Gasteiger partial charge in [0.05, 0.1) is 5.54 Å². The predicted molar refractivity (Wildman–Crippen MR) is 144 cm³/mol. The molecular formula is C31H33N3O4. The van der Waals surface area contributed by atoms with Crippen molar-refractivity contribution in [3.8, 4) is 0 Å². The lowest BCUT2D eigenvalue weighted by Gasteiger charge is -2.38. The lowest BCUT2D eigenvalue weighted by molar-refractivity contribution is -0.150. The molecule has 0 saturated carbocycles. The summed E-state index contributed by atoms with van der Waals surface area (Å²) in [4.78, 5) is 42.0. The molecule has 0 aromatic heterocycles. The summed E-state index contributed by atoms with van der Waals surface area (Å²) in [7, 11) is 0. The third kappa shape index (κ3) is 4.47. The SMILES string of the molecule is CC(C)C(C(=O)O)N1CC[C@@H](NC(=O)C2CN2C(c2ccccc2)(c2ccccc2)c2ccccc2)C1=O. The van der Waals surface area contributed by atoms with E-state index in [-0.39, 0.29) is 17.7 Å². The van der Waals surface area contributed by atoms with E-state index < -0.39 is 29.6 Å². The van der Waals surface area contributed by atoms with Crippen LogP contribution in [-0.4, -0.2) is 63.9 Å². The van der Waals surface area contributed by atoms with Gasteiger partial charge in [-0.25, -0.2) is 4.79 Å². The number of amides is 2. The molecule has 2 amide bonds. The van der Waals surface area contributed by atoms with Crippen molar-refractivity contribution in [2.75, 3.05) is 13.1 Å². The summed E-state index contributed by atoms with van der Waals surface area (Å²) in [6.45, 7) is 4.42.